The van der Waals surface area contributed by atoms with Gasteiger partial charge in [-0.1, -0.05) is 25.1 Å². The smallest absolute Gasteiger partial charge is 0.243 e. The number of sulfonamides is 1. The summed E-state index contributed by atoms with van der Waals surface area (Å²) >= 11 is 0. The number of benzene rings is 1. The fourth-order valence-electron chi connectivity index (χ4n) is 3.07. The van der Waals surface area contributed by atoms with Gasteiger partial charge in [0, 0.05) is 19.1 Å². The largest absolute Gasteiger partial charge is 0.314 e. The number of nitrogens with zero attached hydrogens (tertiary/aromatic N) is 1. The third-order valence-electron chi connectivity index (χ3n) is 4.37. The van der Waals surface area contributed by atoms with E-state index >= 15 is 0 Å². The van der Waals surface area contributed by atoms with Gasteiger partial charge in [-0.2, -0.15) is 4.31 Å². The molecule has 1 aliphatic heterocycles. The molecular weight excluding hydrogens is 284 g/mol. The normalized spacial score (nSPS) is 22.1. The maximum absolute atomic E-state index is 12.8. The second-order valence-electron chi connectivity index (χ2n) is 5.88. The van der Waals surface area contributed by atoms with E-state index in [-0.39, 0.29) is 0 Å². The maximum Gasteiger partial charge on any atom is 0.243 e. The van der Waals surface area contributed by atoms with E-state index in [4.69, 9.17) is 0 Å². The van der Waals surface area contributed by atoms with Crippen molar-refractivity contribution < 1.29 is 8.42 Å². The molecule has 2 unspecified atom stereocenters. The SMILES string of the molecule is CCNC(C)C1CCCN(S(=O)(=O)c2ccccc2C)C1. The van der Waals surface area contributed by atoms with Crippen molar-refractivity contribution in [3.8, 4) is 0 Å². The fraction of sp³-hybridized carbons (Fsp3) is 0.625. The molecule has 4 nitrogen and oxygen atoms in total. The van der Waals surface area contributed by atoms with Crippen LogP contribution >= 0.6 is 0 Å². The van der Waals surface area contributed by atoms with Crippen LogP contribution < -0.4 is 5.32 Å². The lowest BCUT2D eigenvalue weighted by Crippen LogP contribution is -2.46. The Labute approximate surface area is 128 Å². The van der Waals surface area contributed by atoms with Crippen molar-refractivity contribution in [2.75, 3.05) is 19.6 Å². The van der Waals surface area contributed by atoms with Crippen molar-refractivity contribution >= 4 is 10.0 Å². The highest BCUT2D eigenvalue weighted by atomic mass is 32.2. The van der Waals surface area contributed by atoms with Crippen LogP contribution in [0, 0.1) is 12.8 Å². The Balaban J connectivity index is 2.19. The lowest BCUT2D eigenvalue weighted by molar-refractivity contribution is 0.225. The Kier molecular flexibility index (Phi) is 5.41. The highest BCUT2D eigenvalue weighted by Gasteiger charge is 2.32. The molecule has 21 heavy (non-hydrogen) atoms. The summed E-state index contributed by atoms with van der Waals surface area (Å²) in [4.78, 5) is 0.446. The molecule has 0 saturated carbocycles. The van der Waals surface area contributed by atoms with Crippen LogP contribution in [-0.4, -0.2) is 38.4 Å². The quantitative estimate of drug-likeness (QED) is 0.908. The summed E-state index contributed by atoms with van der Waals surface area (Å²) in [6.45, 7) is 8.26. The number of hydrogen-bond donors (Lipinski definition) is 1. The average Bonchev–Trinajstić information content (AvgIpc) is 2.48. The predicted octanol–water partition coefficient (Wildman–Crippen LogP) is 2.39. The van der Waals surface area contributed by atoms with Crippen molar-refractivity contribution in [2.45, 2.75) is 44.6 Å². The lowest BCUT2D eigenvalue weighted by Gasteiger charge is -2.35. The van der Waals surface area contributed by atoms with E-state index in [0.717, 1.165) is 24.9 Å². The van der Waals surface area contributed by atoms with Crippen molar-refractivity contribution in [1.29, 1.82) is 0 Å². The average molecular weight is 310 g/mol. The van der Waals surface area contributed by atoms with Gasteiger partial charge in [-0.3, -0.25) is 0 Å². The van der Waals surface area contributed by atoms with Crippen molar-refractivity contribution in [3.05, 3.63) is 29.8 Å². The molecule has 1 saturated heterocycles. The molecule has 0 amide bonds. The van der Waals surface area contributed by atoms with Crippen molar-refractivity contribution in [3.63, 3.8) is 0 Å². The Morgan fingerprint density at radius 1 is 1.38 bits per heavy atom. The molecule has 1 aromatic carbocycles. The Morgan fingerprint density at radius 2 is 2.10 bits per heavy atom. The van der Waals surface area contributed by atoms with Gasteiger partial charge < -0.3 is 5.32 Å². The maximum atomic E-state index is 12.8. The van der Waals surface area contributed by atoms with E-state index in [1.54, 1.807) is 16.4 Å². The van der Waals surface area contributed by atoms with Crippen LogP contribution in [0.5, 0.6) is 0 Å². The molecule has 1 aromatic rings. The first-order valence-electron chi connectivity index (χ1n) is 7.76. The number of aryl methyl sites for hydroxylation is 1. The molecule has 0 bridgehead atoms. The van der Waals surface area contributed by atoms with Gasteiger partial charge in [-0.05, 0) is 50.8 Å². The van der Waals surface area contributed by atoms with Crippen LogP contribution in [0.3, 0.4) is 0 Å². The highest BCUT2D eigenvalue weighted by molar-refractivity contribution is 7.89. The van der Waals surface area contributed by atoms with Gasteiger partial charge in [0.25, 0.3) is 0 Å². The molecule has 1 heterocycles. The van der Waals surface area contributed by atoms with E-state index in [1.807, 2.05) is 19.1 Å². The lowest BCUT2D eigenvalue weighted by atomic mass is 9.93. The molecule has 2 rings (SSSR count). The van der Waals surface area contributed by atoms with Crippen LogP contribution in [0.2, 0.25) is 0 Å². The summed E-state index contributed by atoms with van der Waals surface area (Å²) in [5.41, 5.74) is 0.819. The molecular formula is C16H26N2O2S. The van der Waals surface area contributed by atoms with Crippen LogP contribution in [0.1, 0.15) is 32.3 Å². The zero-order chi connectivity index (χ0) is 15.5. The van der Waals surface area contributed by atoms with Crippen LogP contribution in [0.4, 0.5) is 0 Å². The molecule has 0 aliphatic carbocycles. The second kappa shape index (κ2) is 6.90. The minimum Gasteiger partial charge on any atom is -0.314 e. The number of rotatable bonds is 5. The zero-order valence-corrected chi connectivity index (χ0v) is 14.0. The molecule has 0 spiro atoms. The number of hydrogen-bond acceptors (Lipinski definition) is 3. The summed E-state index contributed by atoms with van der Waals surface area (Å²) in [5, 5.41) is 3.42. The van der Waals surface area contributed by atoms with Gasteiger partial charge in [-0.25, -0.2) is 8.42 Å². The summed E-state index contributed by atoms with van der Waals surface area (Å²) in [6.07, 6.45) is 2.03. The van der Waals surface area contributed by atoms with Gasteiger partial charge in [-0.15, -0.1) is 0 Å². The van der Waals surface area contributed by atoms with Crippen LogP contribution in [0.25, 0.3) is 0 Å². The van der Waals surface area contributed by atoms with E-state index < -0.39 is 10.0 Å². The van der Waals surface area contributed by atoms with Gasteiger partial charge in [0.2, 0.25) is 10.0 Å². The summed E-state index contributed by atoms with van der Waals surface area (Å²) < 4.78 is 27.3. The minimum absolute atomic E-state index is 0.352. The molecule has 5 heteroatoms. The Morgan fingerprint density at radius 3 is 2.76 bits per heavy atom. The third-order valence-corrected chi connectivity index (χ3v) is 6.39. The van der Waals surface area contributed by atoms with Gasteiger partial charge in [0.15, 0.2) is 0 Å². The third kappa shape index (κ3) is 3.65. The van der Waals surface area contributed by atoms with Gasteiger partial charge >= 0.3 is 0 Å². The summed E-state index contributed by atoms with van der Waals surface area (Å²) in [6, 6.07) is 7.59. The molecule has 118 valence electrons. The monoisotopic (exact) mass is 310 g/mol. The van der Waals surface area contributed by atoms with Crippen LogP contribution in [-0.2, 0) is 10.0 Å². The zero-order valence-electron chi connectivity index (χ0n) is 13.2. The molecule has 1 fully saturated rings. The molecule has 1 N–H and O–H groups in total. The molecule has 1 aliphatic rings. The summed E-state index contributed by atoms with van der Waals surface area (Å²) in [7, 11) is -3.37. The molecule has 0 aromatic heterocycles. The second-order valence-corrected chi connectivity index (χ2v) is 7.78. The van der Waals surface area contributed by atoms with Crippen LogP contribution in [0.15, 0.2) is 29.2 Å². The van der Waals surface area contributed by atoms with E-state index in [0.29, 0.717) is 29.9 Å². The molecule has 2 atom stereocenters. The van der Waals surface area contributed by atoms with E-state index in [1.165, 1.54) is 0 Å². The van der Waals surface area contributed by atoms with Gasteiger partial charge in [0.1, 0.15) is 0 Å². The number of piperidine rings is 1. The first-order valence-corrected chi connectivity index (χ1v) is 9.20. The standard InChI is InChI=1S/C16H26N2O2S/c1-4-17-14(3)15-9-7-11-18(12-15)21(19,20)16-10-6-5-8-13(16)2/h5-6,8,10,14-15,17H,4,7,9,11-12H2,1-3H3. The Hall–Kier alpha value is -0.910. The predicted molar refractivity (Wildman–Crippen MR) is 85.8 cm³/mol. The highest BCUT2D eigenvalue weighted by Crippen LogP contribution is 2.26. The Bertz CT molecular complexity index is 571. The van der Waals surface area contributed by atoms with Crippen molar-refractivity contribution in [2.24, 2.45) is 5.92 Å². The van der Waals surface area contributed by atoms with E-state index in [9.17, 15) is 8.42 Å². The topological polar surface area (TPSA) is 49.4 Å². The minimum atomic E-state index is -3.37. The fourth-order valence-corrected chi connectivity index (χ4v) is 4.83. The van der Waals surface area contributed by atoms with Crippen molar-refractivity contribution in [1.82, 2.24) is 9.62 Å². The first-order chi connectivity index (χ1) is 9.96. The van der Waals surface area contributed by atoms with Gasteiger partial charge in [0.05, 0.1) is 4.90 Å². The molecule has 0 radical (unpaired) electrons. The number of nitrogens with one attached hydrogen (secondary N) is 1. The summed E-state index contributed by atoms with van der Waals surface area (Å²) in [5.74, 6) is 0.387. The van der Waals surface area contributed by atoms with E-state index in [2.05, 4.69) is 19.2 Å². The first kappa shape index (κ1) is 16.5.